The summed E-state index contributed by atoms with van der Waals surface area (Å²) in [6, 6.07) is 9.50. The van der Waals surface area contributed by atoms with Crippen molar-refractivity contribution in [3.05, 3.63) is 68.2 Å². The van der Waals surface area contributed by atoms with E-state index < -0.39 is 14.9 Å². The van der Waals surface area contributed by atoms with E-state index in [-0.39, 0.29) is 15.6 Å². The Kier molecular flexibility index (Phi) is 5.19. The fourth-order valence-corrected chi connectivity index (χ4v) is 2.69. The number of nitro benzene ring substituents is 1. The minimum Gasteiger partial charge on any atom is -0.258 e. The maximum atomic E-state index is 12.0. The van der Waals surface area contributed by atoms with Gasteiger partial charge in [0.2, 0.25) is 0 Å². The fraction of sp³-hybridized carbons (Fsp3) is 0. The van der Waals surface area contributed by atoms with Crippen molar-refractivity contribution in [2.45, 2.75) is 4.90 Å². The third-order valence-electron chi connectivity index (χ3n) is 2.68. The molecule has 0 aliphatic heterocycles. The third-order valence-corrected chi connectivity index (χ3v) is 4.49. The summed E-state index contributed by atoms with van der Waals surface area (Å²) < 4.78 is 23.9. The number of hydrazone groups is 1. The van der Waals surface area contributed by atoms with Crippen molar-refractivity contribution in [1.29, 1.82) is 0 Å². The number of nitrogens with zero attached hydrogens (tertiary/aromatic N) is 2. The summed E-state index contributed by atoms with van der Waals surface area (Å²) in [5.74, 6) is 0. The van der Waals surface area contributed by atoms with Crippen LogP contribution >= 0.6 is 23.2 Å². The predicted octanol–water partition coefficient (Wildman–Crippen LogP) is 3.21. The standard InChI is InChI=1S/C13H9Cl2N3O4S/c14-10-2-4-11(5-3-10)23(21,22)17-16-8-9-1-6-12(15)13(7-9)18(19)20/h1-8,17H/b16-8+. The number of nitro groups is 1. The molecule has 1 N–H and O–H groups in total. The van der Waals surface area contributed by atoms with Crippen molar-refractivity contribution in [1.82, 2.24) is 4.83 Å². The second-order valence-corrected chi connectivity index (χ2v) is 6.78. The summed E-state index contributed by atoms with van der Waals surface area (Å²) in [7, 11) is -3.85. The van der Waals surface area contributed by atoms with E-state index in [0.29, 0.717) is 10.6 Å². The summed E-state index contributed by atoms with van der Waals surface area (Å²) in [5, 5.41) is 14.7. The summed E-state index contributed by atoms with van der Waals surface area (Å²) >= 11 is 11.4. The summed E-state index contributed by atoms with van der Waals surface area (Å²) in [6.45, 7) is 0. The number of sulfonamides is 1. The first kappa shape index (κ1) is 17.2. The first-order valence-electron chi connectivity index (χ1n) is 6.04. The van der Waals surface area contributed by atoms with E-state index in [4.69, 9.17) is 23.2 Å². The highest BCUT2D eigenvalue weighted by Gasteiger charge is 2.13. The van der Waals surface area contributed by atoms with Gasteiger partial charge in [-0.3, -0.25) is 10.1 Å². The zero-order valence-corrected chi connectivity index (χ0v) is 13.6. The van der Waals surface area contributed by atoms with Crippen molar-refractivity contribution in [2.75, 3.05) is 0 Å². The Morgan fingerprint density at radius 1 is 1.13 bits per heavy atom. The zero-order valence-electron chi connectivity index (χ0n) is 11.3. The Labute approximate surface area is 141 Å². The van der Waals surface area contributed by atoms with Crippen LogP contribution in [-0.4, -0.2) is 19.6 Å². The Morgan fingerprint density at radius 2 is 1.78 bits per heavy atom. The topological polar surface area (TPSA) is 102 Å². The molecule has 0 unspecified atom stereocenters. The number of nitrogens with one attached hydrogen (secondary N) is 1. The smallest absolute Gasteiger partial charge is 0.258 e. The third kappa shape index (κ3) is 4.41. The van der Waals surface area contributed by atoms with Crippen molar-refractivity contribution in [3.63, 3.8) is 0 Å². The molecule has 2 aromatic carbocycles. The highest BCUT2D eigenvalue weighted by molar-refractivity contribution is 7.89. The van der Waals surface area contributed by atoms with Gasteiger partial charge in [-0.2, -0.15) is 13.5 Å². The molecule has 0 aliphatic carbocycles. The van der Waals surface area contributed by atoms with E-state index in [2.05, 4.69) is 5.10 Å². The molecular weight excluding hydrogens is 365 g/mol. The van der Waals surface area contributed by atoms with Crippen LogP contribution in [0.15, 0.2) is 52.5 Å². The van der Waals surface area contributed by atoms with E-state index in [0.717, 1.165) is 6.21 Å². The predicted molar refractivity (Wildman–Crippen MR) is 87.5 cm³/mol. The van der Waals surface area contributed by atoms with Crippen molar-refractivity contribution in [2.24, 2.45) is 5.10 Å². The monoisotopic (exact) mass is 373 g/mol. The van der Waals surface area contributed by atoms with Crippen LogP contribution < -0.4 is 4.83 Å². The van der Waals surface area contributed by atoms with Crippen LogP contribution in [0.3, 0.4) is 0 Å². The SMILES string of the molecule is O=[N+]([O-])c1cc(/C=N/NS(=O)(=O)c2ccc(Cl)cc2)ccc1Cl. The molecular formula is C13H9Cl2N3O4S. The number of halogens is 2. The minimum absolute atomic E-state index is 0.0128. The lowest BCUT2D eigenvalue weighted by atomic mass is 10.2. The Bertz CT molecular complexity index is 867. The lowest BCUT2D eigenvalue weighted by Gasteiger charge is -2.03. The second kappa shape index (κ2) is 6.95. The van der Waals surface area contributed by atoms with E-state index in [1.807, 2.05) is 4.83 Å². The molecule has 0 aliphatic rings. The van der Waals surface area contributed by atoms with Crippen molar-refractivity contribution < 1.29 is 13.3 Å². The molecule has 0 spiro atoms. The molecule has 0 bridgehead atoms. The number of benzene rings is 2. The molecule has 0 amide bonds. The molecule has 2 aromatic rings. The molecule has 7 nitrogen and oxygen atoms in total. The van der Waals surface area contributed by atoms with Gasteiger partial charge in [0.05, 0.1) is 16.0 Å². The Morgan fingerprint density at radius 3 is 2.39 bits per heavy atom. The molecule has 2 rings (SSSR count). The van der Waals surface area contributed by atoms with E-state index >= 15 is 0 Å². The van der Waals surface area contributed by atoms with Gasteiger partial charge < -0.3 is 0 Å². The average Bonchev–Trinajstić information content (AvgIpc) is 2.49. The number of hydrogen-bond donors (Lipinski definition) is 1. The lowest BCUT2D eigenvalue weighted by Crippen LogP contribution is -2.18. The van der Waals surface area contributed by atoms with Gasteiger partial charge in [-0.25, -0.2) is 4.83 Å². The highest BCUT2D eigenvalue weighted by atomic mass is 35.5. The molecule has 120 valence electrons. The van der Waals surface area contributed by atoms with Crippen LogP contribution in [0, 0.1) is 10.1 Å². The number of rotatable bonds is 5. The number of hydrogen-bond acceptors (Lipinski definition) is 5. The Balaban J connectivity index is 2.17. The normalized spacial score (nSPS) is 11.6. The molecule has 0 atom stereocenters. The van der Waals surface area contributed by atoms with Crippen molar-refractivity contribution >= 4 is 45.1 Å². The molecule has 0 fully saturated rings. The molecule has 0 saturated carbocycles. The Hall–Kier alpha value is -2.16. The zero-order chi connectivity index (χ0) is 17.0. The lowest BCUT2D eigenvalue weighted by molar-refractivity contribution is -0.384. The summed E-state index contributed by atoms with van der Waals surface area (Å²) in [6.07, 6.45) is 1.14. The van der Waals surface area contributed by atoms with Gasteiger partial charge in [-0.05, 0) is 30.3 Å². The van der Waals surface area contributed by atoms with E-state index in [9.17, 15) is 18.5 Å². The molecule has 23 heavy (non-hydrogen) atoms. The largest absolute Gasteiger partial charge is 0.288 e. The maximum absolute atomic E-state index is 12.0. The van der Waals surface area contributed by atoms with Crippen LogP contribution in [0.5, 0.6) is 0 Å². The van der Waals surface area contributed by atoms with Crippen LogP contribution in [0.4, 0.5) is 5.69 Å². The summed E-state index contributed by atoms with van der Waals surface area (Å²) in [5.41, 5.74) is 0.0241. The van der Waals surface area contributed by atoms with E-state index in [1.54, 1.807) is 0 Å². The van der Waals surface area contributed by atoms with Crippen LogP contribution in [0.2, 0.25) is 10.0 Å². The fourth-order valence-electron chi connectivity index (χ4n) is 1.59. The minimum atomic E-state index is -3.85. The molecule has 0 aromatic heterocycles. The van der Waals surface area contributed by atoms with E-state index in [1.165, 1.54) is 42.5 Å². The van der Waals surface area contributed by atoms with Gasteiger partial charge in [-0.15, -0.1) is 0 Å². The molecule has 0 saturated heterocycles. The van der Waals surface area contributed by atoms with Gasteiger partial charge in [0, 0.05) is 16.7 Å². The van der Waals surface area contributed by atoms with Gasteiger partial charge in [-0.1, -0.05) is 29.3 Å². The summed E-state index contributed by atoms with van der Waals surface area (Å²) in [4.78, 5) is 12.1. The second-order valence-electron chi connectivity index (χ2n) is 4.27. The van der Waals surface area contributed by atoms with Gasteiger partial charge in [0.25, 0.3) is 15.7 Å². The van der Waals surface area contributed by atoms with Crippen molar-refractivity contribution in [3.8, 4) is 0 Å². The average molecular weight is 374 g/mol. The molecule has 0 heterocycles. The molecule has 0 radical (unpaired) electrons. The highest BCUT2D eigenvalue weighted by Crippen LogP contribution is 2.24. The van der Waals surface area contributed by atoms with Crippen LogP contribution in [-0.2, 0) is 10.0 Å². The first-order valence-corrected chi connectivity index (χ1v) is 8.28. The maximum Gasteiger partial charge on any atom is 0.288 e. The molecule has 10 heteroatoms. The van der Waals surface area contributed by atoms with Gasteiger partial charge in [0.15, 0.2) is 0 Å². The van der Waals surface area contributed by atoms with Crippen LogP contribution in [0.25, 0.3) is 0 Å². The quantitative estimate of drug-likeness (QED) is 0.493. The van der Waals surface area contributed by atoms with Crippen LogP contribution in [0.1, 0.15) is 5.56 Å². The first-order chi connectivity index (χ1) is 10.8. The van der Waals surface area contributed by atoms with Gasteiger partial charge in [0.1, 0.15) is 5.02 Å². The van der Waals surface area contributed by atoms with Gasteiger partial charge >= 0.3 is 0 Å².